The van der Waals surface area contributed by atoms with Gasteiger partial charge in [-0.1, -0.05) is 13.8 Å². The van der Waals surface area contributed by atoms with Gasteiger partial charge in [0.2, 0.25) is 0 Å². The highest BCUT2D eigenvalue weighted by Crippen LogP contribution is 2.73. The van der Waals surface area contributed by atoms with Gasteiger partial charge in [-0.15, -0.1) is 0 Å². The predicted molar refractivity (Wildman–Crippen MR) is 91.8 cm³/mol. The van der Waals surface area contributed by atoms with Crippen LogP contribution in [0.5, 0.6) is 0 Å². The molecule has 1 saturated heterocycles. The molecule has 0 unspecified atom stereocenters. The Morgan fingerprint density at radius 2 is 1.96 bits per heavy atom. The van der Waals surface area contributed by atoms with E-state index in [0.29, 0.717) is 29.6 Å². The van der Waals surface area contributed by atoms with Gasteiger partial charge >= 0.3 is 5.97 Å². The zero-order chi connectivity index (χ0) is 17.6. The minimum atomic E-state index is -0.172. The first-order valence-electron chi connectivity index (χ1n) is 10.2. The average molecular weight is 346 g/mol. The number of Topliss-reactive ketones (excluding diaryl/α,β-unsaturated/α-hetero) is 1. The minimum absolute atomic E-state index is 0.0223. The van der Waals surface area contributed by atoms with E-state index in [1.165, 1.54) is 6.92 Å². The highest BCUT2D eigenvalue weighted by Gasteiger charge is 2.76. The number of carbonyl (C=O) groups excluding carboxylic acids is 2. The first kappa shape index (κ1) is 16.3. The van der Waals surface area contributed by atoms with Gasteiger partial charge in [0.1, 0.15) is 17.5 Å². The van der Waals surface area contributed by atoms with E-state index in [2.05, 4.69) is 13.8 Å². The van der Waals surface area contributed by atoms with E-state index in [9.17, 15) is 9.59 Å². The highest BCUT2D eigenvalue weighted by molar-refractivity contribution is 5.87. The lowest BCUT2D eigenvalue weighted by molar-refractivity contribution is -0.157. The van der Waals surface area contributed by atoms with Crippen molar-refractivity contribution in [2.45, 2.75) is 89.9 Å². The van der Waals surface area contributed by atoms with E-state index in [0.717, 1.165) is 51.4 Å². The number of rotatable bonds is 1. The third kappa shape index (κ3) is 1.92. The lowest BCUT2D eigenvalue weighted by atomic mass is 9.45. The standard InChI is InChI=1S/C21H30O4/c1-12(22)24-13-6-9-20(3)16-7-8-19(2)15(4-5-17(19)23)14(16)10-18-21(20,11-13)25-18/h13-16,18H,4-11H2,1-3H3/t13-,14+,15-,16+,18+,19+,20-,21+/m1/s1. The molecule has 0 N–H and O–H groups in total. The summed E-state index contributed by atoms with van der Waals surface area (Å²) in [5, 5.41) is 0. The van der Waals surface area contributed by atoms with Crippen molar-refractivity contribution in [2.75, 3.05) is 0 Å². The van der Waals surface area contributed by atoms with Gasteiger partial charge in [0.15, 0.2) is 0 Å². The lowest BCUT2D eigenvalue weighted by Crippen LogP contribution is -2.58. The van der Waals surface area contributed by atoms with Gasteiger partial charge in [-0.25, -0.2) is 0 Å². The summed E-state index contributed by atoms with van der Waals surface area (Å²) in [4.78, 5) is 23.9. The van der Waals surface area contributed by atoms with Gasteiger partial charge < -0.3 is 9.47 Å². The zero-order valence-electron chi connectivity index (χ0n) is 15.7. The first-order valence-corrected chi connectivity index (χ1v) is 10.2. The Morgan fingerprint density at radius 3 is 2.72 bits per heavy atom. The van der Waals surface area contributed by atoms with E-state index in [1.807, 2.05) is 0 Å². The number of epoxide rings is 1. The molecule has 1 aliphatic heterocycles. The summed E-state index contributed by atoms with van der Waals surface area (Å²) in [6.07, 6.45) is 8.45. The third-order valence-electron chi connectivity index (χ3n) is 9.08. The number of fused-ring (bicyclic) bond motifs is 4. The van der Waals surface area contributed by atoms with Crippen LogP contribution >= 0.6 is 0 Å². The van der Waals surface area contributed by atoms with Crippen LogP contribution in [-0.4, -0.2) is 29.6 Å². The Hall–Kier alpha value is -0.900. The molecule has 5 aliphatic rings. The SMILES string of the molecule is CC(=O)O[C@@H]1CC[C@]2(C)[C@H]3CC[C@]4(C)C(=O)CC[C@@H]4[C@@H]3C[C@@H]3O[C@@]32C1. The molecule has 4 nitrogen and oxygen atoms in total. The average Bonchev–Trinajstić information content (AvgIpc) is 3.15. The summed E-state index contributed by atoms with van der Waals surface area (Å²) >= 11 is 0. The quantitative estimate of drug-likeness (QED) is 0.537. The van der Waals surface area contributed by atoms with Crippen molar-refractivity contribution < 1.29 is 19.1 Å². The molecule has 0 aromatic carbocycles. The molecule has 0 radical (unpaired) electrons. The van der Waals surface area contributed by atoms with E-state index < -0.39 is 0 Å². The molecule has 8 atom stereocenters. The van der Waals surface area contributed by atoms with E-state index in [1.54, 1.807) is 0 Å². The first-order chi connectivity index (χ1) is 11.8. The van der Waals surface area contributed by atoms with Crippen LogP contribution in [0.25, 0.3) is 0 Å². The van der Waals surface area contributed by atoms with Crippen LogP contribution in [0.15, 0.2) is 0 Å². The van der Waals surface area contributed by atoms with Crippen molar-refractivity contribution in [1.82, 2.24) is 0 Å². The number of hydrogen-bond donors (Lipinski definition) is 0. The Bertz CT molecular complexity index is 644. The maximum atomic E-state index is 12.5. The molecule has 0 bridgehead atoms. The van der Waals surface area contributed by atoms with Gasteiger partial charge in [0, 0.05) is 30.6 Å². The summed E-state index contributed by atoms with van der Waals surface area (Å²) in [5.74, 6) is 2.19. The summed E-state index contributed by atoms with van der Waals surface area (Å²) in [6, 6.07) is 0. The molecule has 4 aliphatic carbocycles. The molecule has 1 spiro atoms. The molecule has 4 heteroatoms. The fraction of sp³-hybridized carbons (Fsp3) is 0.905. The number of ketones is 1. The highest BCUT2D eigenvalue weighted by atomic mass is 16.6. The number of hydrogen-bond acceptors (Lipinski definition) is 4. The summed E-state index contributed by atoms with van der Waals surface area (Å²) < 4.78 is 12.0. The number of carbonyl (C=O) groups is 2. The minimum Gasteiger partial charge on any atom is -0.462 e. The molecular formula is C21H30O4. The third-order valence-corrected chi connectivity index (χ3v) is 9.08. The largest absolute Gasteiger partial charge is 0.462 e. The second-order valence-corrected chi connectivity index (χ2v) is 9.92. The van der Waals surface area contributed by atoms with Crippen molar-refractivity contribution in [3.05, 3.63) is 0 Å². The van der Waals surface area contributed by atoms with Gasteiger partial charge in [-0.3, -0.25) is 9.59 Å². The normalized spacial score (nSPS) is 56.3. The fourth-order valence-electron chi connectivity index (χ4n) is 7.75. The Balaban J connectivity index is 1.44. The summed E-state index contributed by atoms with van der Waals surface area (Å²) in [7, 11) is 0. The van der Waals surface area contributed by atoms with Crippen LogP contribution in [0.4, 0.5) is 0 Å². The molecule has 1 heterocycles. The molecule has 4 saturated carbocycles. The monoisotopic (exact) mass is 346 g/mol. The van der Waals surface area contributed by atoms with Crippen LogP contribution in [0.1, 0.15) is 72.1 Å². The molecule has 5 rings (SSSR count). The maximum Gasteiger partial charge on any atom is 0.302 e. The Kier molecular flexibility index (Phi) is 3.18. The smallest absolute Gasteiger partial charge is 0.302 e. The van der Waals surface area contributed by atoms with Crippen molar-refractivity contribution in [2.24, 2.45) is 28.6 Å². The molecule has 0 aromatic heterocycles. The molecule has 0 amide bonds. The maximum absolute atomic E-state index is 12.5. The Morgan fingerprint density at radius 1 is 1.16 bits per heavy atom. The second-order valence-electron chi connectivity index (χ2n) is 9.92. The van der Waals surface area contributed by atoms with Crippen LogP contribution in [0.3, 0.4) is 0 Å². The summed E-state index contributed by atoms with van der Waals surface area (Å²) in [5.41, 5.74) is 0.0500. The molecule has 25 heavy (non-hydrogen) atoms. The van der Waals surface area contributed by atoms with Crippen molar-refractivity contribution in [3.63, 3.8) is 0 Å². The van der Waals surface area contributed by atoms with E-state index in [4.69, 9.17) is 9.47 Å². The van der Waals surface area contributed by atoms with E-state index >= 15 is 0 Å². The summed E-state index contributed by atoms with van der Waals surface area (Å²) in [6.45, 7) is 6.18. The molecular weight excluding hydrogens is 316 g/mol. The number of esters is 1. The molecule has 0 aromatic rings. The van der Waals surface area contributed by atoms with Crippen LogP contribution < -0.4 is 0 Å². The fourth-order valence-corrected chi connectivity index (χ4v) is 7.75. The van der Waals surface area contributed by atoms with Gasteiger partial charge in [0.05, 0.1) is 6.10 Å². The van der Waals surface area contributed by atoms with Gasteiger partial charge in [-0.2, -0.15) is 0 Å². The van der Waals surface area contributed by atoms with E-state index in [-0.39, 0.29) is 28.5 Å². The van der Waals surface area contributed by atoms with Crippen LogP contribution in [-0.2, 0) is 19.1 Å². The number of ether oxygens (including phenoxy) is 2. The lowest BCUT2D eigenvalue weighted by Gasteiger charge is -2.58. The zero-order valence-corrected chi connectivity index (χ0v) is 15.7. The van der Waals surface area contributed by atoms with Crippen molar-refractivity contribution >= 4 is 11.8 Å². The van der Waals surface area contributed by atoms with Crippen LogP contribution in [0, 0.1) is 28.6 Å². The predicted octanol–water partition coefficient (Wildman–Crippen LogP) is 3.66. The topological polar surface area (TPSA) is 55.9 Å². The van der Waals surface area contributed by atoms with Crippen molar-refractivity contribution in [3.8, 4) is 0 Å². The second kappa shape index (κ2) is 4.88. The van der Waals surface area contributed by atoms with Crippen molar-refractivity contribution in [1.29, 1.82) is 0 Å². The van der Waals surface area contributed by atoms with Gasteiger partial charge in [0.25, 0.3) is 0 Å². The van der Waals surface area contributed by atoms with Gasteiger partial charge in [-0.05, 0) is 56.3 Å². The molecule has 138 valence electrons. The molecule has 5 fully saturated rings. The van der Waals surface area contributed by atoms with Crippen LogP contribution in [0.2, 0.25) is 0 Å². The Labute approximate surface area is 150 Å².